The maximum atomic E-state index is 12.8. The Bertz CT molecular complexity index is 919. The summed E-state index contributed by atoms with van der Waals surface area (Å²) >= 11 is 0. The van der Waals surface area contributed by atoms with Crippen molar-refractivity contribution in [1.29, 1.82) is 0 Å². The van der Waals surface area contributed by atoms with Gasteiger partial charge in [-0.15, -0.1) is 0 Å². The molecule has 4 heteroatoms. The molecule has 0 aromatic rings. The molecule has 34 heavy (non-hydrogen) atoms. The molecule has 5 aliphatic carbocycles. The third-order valence-electron chi connectivity index (χ3n) is 13.5. The molecule has 10 atom stereocenters. The zero-order valence-electron chi connectivity index (χ0n) is 22.6. The molecule has 0 amide bonds. The molecule has 4 fully saturated rings. The Morgan fingerprint density at radius 3 is 2.24 bits per heavy atom. The van der Waals surface area contributed by atoms with Gasteiger partial charge in [0.15, 0.2) is 0 Å². The summed E-state index contributed by atoms with van der Waals surface area (Å²) in [6, 6.07) is 0. The van der Waals surface area contributed by atoms with Crippen molar-refractivity contribution < 1.29 is 20.1 Å². The molecule has 3 N–H and O–H groups in total. The van der Waals surface area contributed by atoms with E-state index in [0.29, 0.717) is 24.7 Å². The quantitative estimate of drug-likeness (QED) is 0.397. The Kier molecular flexibility index (Phi) is 5.20. The molecule has 0 heterocycles. The lowest BCUT2D eigenvalue weighted by Gasteiger charge is -2.71. The standard InChI is InChI=1S/C30H48O4/c1-18-10-15-30(24(32)33)17-16-27(5)19(23(30)29(18,7)34)8-9-21-26(4)13-12-22(31)25(2,3)20(26)11-14-28(21,27)6/h8,18,20-23,31,34H,9-17H2,1-7H3,(H,32,33)/t18?,20?,21?,22?,23?,26-,27+,28+,29+,30-/m0/s1. The van der Waals surface area contributed by atoms with Gasteiger partial charge in [0.25, 0.3) is 0 Å². The number of allylic oxidation sites excluding steroid dienone is 1. The second kappa shape index (κ2) is 7.12. The normalized spacial score (nSPS) is 56.3. The number of aliphatic hydroxyl groups excluding tert-OH is 1. The Balaban J connectivity index is 1.64. The predicted octanol–water partition coefficient (Wildman–Crippen LogP) is 6.20. The Hall–Kier alpha value is -0.870. The lowest BCUT2D eigenvalue weighted by molar-refractivity contribution is -0.217. The van der Waals surface area contributed by atoms with Crippen LogP contribution in [0.2, 0.25) is 0 Å². The van der Waals surface area contributed by atoms with Gasteiger partial charge in [0.2, 0.25) is 0 Å². The molecular formula is C30H48O4. The van der Waals surface area contributed by atoms with E-state index >= 15 is 0 Å². The first-order valence-corrected chi connectivity index (χ1v) is 13.9. The van der Waals surface area contributed by atoms with E-state index in [-0.39, 0.29) is 39.6 Å². The van der Waals surface area contributed by atoms with Crippen LogP contribution in [0.15, 0.2) is 11.6 Å². The number of hydrogen-bond donors (Lipinski definition) is 3. The van der Waals surface area contributed by atoms with Crippen LogP contribution in [0.25, 0.3) is 0 Å². The largest absolute Gasteiger partial charge is 0.481 e. The first-order valence-electron chi connectivity index (χ1n) is 13.9. The maximum Gasteiger partial charge on any atom is 0.310 e. The van der Waals surface area contributed by atoms with Crippen molar-refractivity contribution in [2.24, 2.45) is 50.7 Å². The summed E-state index contributed by atoms with van der Waals surface area (Å²) in [5.74, 6) is 0.0848. The average molecular weight is 473 g/mol. The second-order valence-electron chi connectivity index (χ2n) is 14.7. The van der Waals surface area contributed by atoms with E-state index in [4.69, 9.17) is 0 Å². The highest BCUT2D eigenvalue weighted by molar-refractivity contribution is 5.77. The van der Waals surface area contributed by atoms with Crippen molar-refractivity contribution in [3.05, 3.63) is 11.6 Å². The molecule has 0 aromatic heterocycles. The molecule has 0 saturated heterocycles. The third-order valence-corrected chi connectivity index (χ3v) is 13.5. The molecule has 0 spiro atoms. The number of aliphatic hydroxyl groups is 2. The van der Waals surface area contributed by atoms with Crippen LogP contribution in [-0.4, -0.2) is 33.0 Å². The van der Waals surface area contributed by atoms with Crippen molar-refractivity contribution >= 4 is 5.97 Å². The number of fused-ring (bicyclic) bond motifs is 7. The molecular weight excluding hydrogens is 424 g/mol. The second-order valence-corrected chi connectivity index (χ2v) is 14.7. The highest BCUT2D eigenvalue weighted by atomic mass is 16.4. The van der Waals surface area contributed by atoms with Gasteiger partial charge in [-0.1, -0.05) is 53.2 Å². The van der Waals surface area contributed by atoms with Crippen molar-refractivity contribution in [1.82, 2.24) is 0 Å². The van der Waals surface area contributed by atoms with Crippen molar-refractivity contribution in [3.63, 3.8) is 0 Å². The van der Waals surface area contributed by atoms with E-state index in [1.807, 2.05) is 6.92 Å². The summed E-state index contributed by atoms with van der Waals surface area (Å²) in [5, 5.41) is 33.3. The number of aliphatic carboxylic acids is 1. The Labute approximate surface area is 206 Å². The van der Waals surface area contributed by atoms with Crippen LogP contribution in [0.5, 0.6) is 0 Å². The first kappa shape index (κ1) is 24.8. The van der Waals surface area contributed by atoms with Crippen LogP contribution >= 0.6 is 0 Å². The number of hydrogen-bond acceptors (Lipinski definition) is 3. The fourth-order valence-corrected chi connectivity index (χ4v) is 10.8. The average Bonchev–Trinajstić information content (AvgIpc) is 2.74. The van der Waals surface area contributed by atoms with Gasteiger partial charge in [0, 0.05) is 5.92 Å². The zero-order chi connectivity index (χ0) is 25.1. The SMILES string of the molecule is CC1CC[C@]2(C(=O)O)CC[C@]3(C)C(=CCC4[C@@]5(C)CCC(O)C(C)(C)C5CC[C@]43C)C2[C@]1(C)O. The molecule has 5 unspecified atom stereocenters. The van der Waals surface area contributed by atoms with Crippen LogP contribution in [-0.2, 0) is 4.79 Å². The third kappa shape index (κ3) is 2.71. The molecule has 5 rings (SSSR count). The van der Waals surface area contributed by atoms with Crippen LogP contribution in [0.4, 0.5) is 0 Å². The minimum atomic E-state index is -1.01. The summed E-state index contributed by atoms with van der Waals surface area (Å²) < 4.78 is 0. The topological polar surface area (TPSA) is 77.8 Å². The number of carboxylic acids is 1. The Morgan fingerprint density at radius 1 is 0.912 bits per heavy atom. The van der Waals surface area contributed by atoms with Gasteiger partial charge in [0.1, 0.15) is 0 Å². The van der Waals surface area contributed by atoms with E-state index in [0.717, 1.165) is 44.9 Å². The van der Waals surface area contributed by atoms with Crippen molar-refractivity contribution in [2.75, 3.05) is 0 Å². The molecule has 0 bridgehead atoms. The van der Waals surface area contributed by atoms with Gasteiger partial charge in [0.05, 0.1) is 17.1 Å². The number of carboxylic acid groups (broad SMARTS) is 1. The van der Waals surface area contributed by atoms with Gasteiger partial charge >= 0.3 is 5.97 Å². The van der Waals surface area contributed by atoms with Crippen molar-refractivity contribution in [3.8, 4) is 0 Å². The highest BCUT2D eigenvalue weighted by Crippen LogP contribution is 2.76. The number of carbonyl (C=O) groups is 1. The number of rotatable bonds is 1. The van der Waals surface area contributed by atoms with Crippen LogP contribution in [0, 0.1) is 50.7 Å². The molecule has 4 saturated carbocycles. The maximum absolute atomic E-state index is 12.8. The van der Waals surface area contributed by atoms with Gasteiger partial charge < -0.3 is 15.3 Å². The van der Waals surface area contributed by atoms with Crippen LogP contribution in [0.3, 0.4) is 0 Å². The fourth-order valence-electron chi connectivity index (χ4n) is 10.8. The highest BCUT2D eigenvalue weighted by Gasteiger charge is 2.71. The summed E-state index contributed by atoms with van der Waals surface area (Å²) in [4.78, 5) is 12.8. The lowest BCUT2D eigenvalue weighted by atomic mass is 9.33. The fraction of sp³-hybridized carbons (Fsp3) is 0.900. The van der Waals surface area contributed by atoms with E-state index in [1.165, 1.54) is 5.57 Å². The van der Waals surface area contributed by atoms with Gasteiger partial charge in [-0.05, 0) is 104 Å². The molecule has 0 aromatic carbocycles. The monoisotopic (exact) mass is 472 g/mol. The summed E-state index contributed by atoms with van der Waals surface area (Å²) in [6.45, 7) is 16.0. The molecule has 5 aliphatic rings. The first-order chi connectivity index (χ1) is 15.6. The van der Waals surface area contributed by atoms with Crippen molar-refractivity contribution in [2.45, 2.75) is 118 Å². The summed E-state index contributed by atoms with van der Waals surface area (Å²) in [5.41, 5.74) is -0.532. The van der Waals surface area contributed by atoms with Gasteiger partial charge in [-0.25, -0.2) is 0 Å². The minimum absolute atomic E-state index is 0.0716. The summed E-state index contributed by atoms with van der Waals surface area (Å²) in [7, 11) is 0. The van der Waals surface area contributed by atoms with E-state index < -0.39 is 17.0 Å². The molecule has 192 valence electrons. The van der Waals surface area contributed by atoms with Crippen LogP contribution in [0.1, 0.15) is 106 Å². The predicted molar refractivity (Wildman–Crippen MR) is 134 cm³/mol. The summed E-state index contributed by atoms with van der Waals surface area (Å²) in [6.07, 6.45) is 10.3. The van der Waals surface area contributed by atoms with E-state index in [2.05, 4.69) is 47.6 Å². The molecule has 4 nitrogen and oxygen atoms in total. The zero-order valence-corrected chi connectivity index (χ0v) is 22.6. The Morgan fingerprint density at radius 2 is 1.59 bits per heavy atom. The van der Waals surface area contributed by atoms with Gasteiger partial charge in [-0.2, -0.15) is 0 Å². The molecule has 0 radical (unpaired) electrons. The van der Waals surface area contributed by atoms with Gasteiger partial charge in [-0.3, -0.25) is 4.79 Å². The minimum Gasteiger partial charge on any atom is -0.481 e. The van der Waals surface area contributed by atoms with Crippen LogP contribution < -0.4 is 0 Å². The van der Waals surface area contributed by atoms with E-state index in [1.54, 1.807) is 0 Å². The van der Waals surface area contributed by atoms with E-state index in [9.17, 15) is 20.1 Å². The smallest absolute Gasteiger partial charge is 0.310 e. The lowest BCUT2D eigenvalue weighted by Crippen LogP contribution is -2.67. The molecule has 0 aliphatic heterocycles.